The van der Waals surface area contributed by atoms with Crippen LogP contribution in [-0.4, -0.2) is 59.3 Å². The van der Waals surface area contributed by atoms with Gasteiger partial charge < -0.3 is 19.5 Å². The van der Waals surface area contributed by atoms with Crippen molar-refractivity contribution in [1.82, 2.24) is 20.1 Å². The second-order valence-corrected chi connectivity index (χ2v) is 6.68. The molecule has 1 fully saturated rings. The van der Waals surface area contributed by atoms with E-state index in [4.69, 9.17) is 4.74 Å². The SMILES string of the molecule is CN(C)c1ccc(OC2CCN(C(=O)c3ccc4[nH]ccc4c3)C2)nn1. The van der Waals surface area contributed by atoms with Crippen LogP contribution in [0.15, 0.2) is 42.6 Å². The average Bonchev–Trinajstić information content (AvgIpc) is 3.30. The summed E-state index contributed by atoms with van der Waals surface area (Å²) < 4.78 is 5.89. The van der Waals surface area contributed by atoms with Gasteiger partial charge in [0.05, 0.1) is 6.54 Å². The molecule has 3 heterocycles. The van der Waals surface area contributed by atoms with E-state index >= 15 is 0 Å². The number of benzene rings is 1. The van der Waals surface area contributed by atoms with Gasteiger partial charge in [-0.2, -0.15) is 0 Å². The fourth-order valence-corrected chi connectivity index (χ4v) is 3.16. The Morgan fingerprint density at radius 3 is 2.88 bits per heavy atom. The smallest absolute Gasteiger partial charge is 0.254 e. The number of H-pyrrole nitrogens is 1. The van der Waals surface area contributed by atoms with Crippen molar-refractivity contribution >= 4 is 22.6 Å². The van der Waals surface area contributed by atoms with Gasteiger partial charge >= 0.3 is 0 Å². The number of likely N-dealkylation sites (tertiary alicyclic amines) is 1. The molecule has 0 radical (unpaired) electrons. The highest BCUT2D eigenvalue weighted by Crippen LogP contribution is 2.21. The molecule has 134 valence electrons. The van der Waals surface area contributed by atoms with E-state index in [0.717, 1.165) is 23.1 Å². The Kier molecular flexibility index (Phi) is 4.20. The lowest BCUT2D eigenvalue weighted by molar-refractivity contribution is 0.0771. The van der Waals surface area contributed by atoms with Gasteiger partial charge in [0.1, 0.15) is 6.10 Å². The van der Waals surface area contributed by atoms with Gasteiger partial charge in [-0.15, -0.1) is 10.2 Å². The zero-order chi connectivity index (χ0) is 18.1. The molecule has 7 nitrogen and oxygen atoms in total. The van der Waals surface area contributed by atoms with E-state index in [1.54, 1.807) is 0 Å². The van der Waals surface area contributed by atoms with Crippen LogP contribution in [0.25, 0.3) is 10.9 Å². The molecule has 1 aromatic carbocycles. The fourth-order valence-electron chi connectivity index (χ4n) is 3.16. The van der Waals surface area contributed by atoms with Crippen LogP contribution in [0.4, 0.5) is 5.82 Å². The van der Waals surface area contributed by atoms with Crippen molar-refractivity contribution in [2.24, 2.45) is 0 Å². The molecule has 2 aromatic heterocycles. The van der Waals surface area contributed by atoms with Crippen molar-refractivity contribution in [1.29, 1.82) is 0 Å². The van der Waals surface area contributed by atoms with Crippen LogP contribution in [0.1, 0.15) is 16.8 Å². The molecule has 1 unspecified atom stereocenters. The van der Waals surface area contributed by atoms with Crippen molar-refractivity contribution in [3.63, 3.8) is 0 Å². The maximum Gasteiger partial charge on any atom is 0.254 e. The van der Waals surface area contributed by atoms with E-state index in [0.29, 0.717) is 24.5 Å². The van der Waals surface area contributed by atoms with E-state index in [1.165, 1.54) is 0 Å². The third-order valence-corrected chi connectivity index (χ3v) is 4.60. The van der Waals surface area contributed by atoms with Crippen molar-refractivity contribution in [2.45, 2.75) is 12.5 Å². The first-order chi connectivity index (χ1) is 12.6. The third-order valence-electron chi connectivity index (χ3n) is 4.60. The molecule has 0 bridgehead atoms. The molecular formula is C19H21N5O2. The van der Waals surface area contributed by atoms with E-state index < -0.39 is 0 Å². The molecule has 0 aliphatic carbocycles. The molecule has 1 N–H and O–H groups in total. The number of carbonyl (C=O) groups is 1. The molecule has 0 spiro atoms. The van der Waals surface area contributed by atoms with E-state index in [9.17, 15) is 4.79 Å². The molecule has 1 aliphatic heterocycles. The van der Waals surface area contributed by atoms with Gasteiger partial charge in [0.15, 0.2) is 5.82 Å². The van der Waals surface area contributed by atoms with Gasteiger partial charge in [-0.05, 0) is 30.3 Å². The quantitative estimate of drug-likeness (QED) is 0.781. The summed E-state index contributed by atoms with van der Waals surface area (Å²) in [5.74, 6) is 1.30. The summed E-state index contributed by atoms with van der Waals surface area (Å²) >= 11 is 0. The normalized spacial score (nSPS) is 16.8. The number of nitrogens with zero attached hydrogens (tertiary/aromatic N) is 4. The number of carbonyl (C=O) groups excluding carboxylic acids is 1. The molecule has 1 amide bonds. The fraction of sp³-hybridized carbons (Fsp3) is 0.316. The van der Waals surface area contributed by atoms with E-state index in [1.807, 2.05) is 66.5 Å². The summed E-state index contributed by atoms with van der Waals surface area (Å²) in [6.07, 6.45) is 2.60. The maximum absolute atomic E-state index is 12.8. The Bertz CT molecular complexity index is 919. The van der Waals surface area contributed by atoms with Gasteiger partial charge in [0.25, 0.3) is 5.91 Å². The zero-order valence-electron chi connectivity index (χ0n) is 14.8. The largest absolute Gasteiger partial charge is 0.471 e. The Morgan fingerprint density at radius 2 is 2.12 bits per heavy atom. The van der Waals surface area contributed by atoms with Crippen LogP contribution < -0.4 is 9.64 Å². The minimum Gasteiger partial charge on any atom is -0.471 e. The van der Waals surface area contributed by atoms with Crippen LogP contribution in [0.5, 0.6) is 5.88 Å². The second-order valence-electron chi connectivity index (χ2n) is 6.68. The zero-order valence-corrected chi connectivity index (χ0v) is 14.8. The lowest BCUT2D eigenvalue weighted by Crippen LogP contribution is -2.31. The molecule has 4 rings (SSSR count). The van der Waals surface area contributed by atoms with Crippen molar-refractivity contribution in [3.8, 4) is 5.88 Å². The molecule has 0 saturated carbocycles. The Labute approximate surface area is 151 Å². The molecule has 1 saturated heterocycles. The lowest BCUT2D eigenvalue weighted by atomic mass is 10.1. The highest BCUT2D eigenvalue weighted by molar-refractivity contribution is 5.98. The van der Waals surface area contributed by atoms with E-state index in [-0.39, 0.29) is 12.0 Å². The third kappa shape index (κ3) is 3.20. The van der Waals surface area contributed by atoms with Gasteiger partial charge in [0.2, 0.25) is 5.88 Å². The Balaban J connectivity index is 1.40. The molecule has 7 heteroatoms. The Hall–Kier alpha value is -3.09. The minimum absolute atomic E-state index is 0.0354. The first kappa shape index (κ1) is 16.4. The Morgan fingerprint density at radius 1 is 1.23 bits per heavy atom. The number of hydrogen-bond donors (Lipinski definition) is 1. The summed E-state index contributed by atoms with van der Waals surface area (Å²) in [7, 11) is 3.83. The predicted molar refractivity (Wildman–Crippen MR) is 99.6 cm³/mol. The van der Waals surface area contributed by atoms with Crippen LogP contribution in [0.2, 0.25) is 0 Å². The molecule has 3 aromatic rings. The number of anilines is 1. The summed E-state index contributed by atoms with van der Waals surface area (Å²) in [6.45, 7) is 1.24. The van der Waals surface area contributed by atoms with Crippen molar-refractivity contribution in [3.05, 3.63) is 48.2 Å². The average molecular weight is 351 g/mol. The maximum atomic E-state index is 12.8. The number of hydrogen-bond acceptors (Lipinski definition) is 5. The highest BCUT2D eigenvalue weighted by atomic mass is 16.5. The van der Waals surface area contributed by atoms with Crippen LogP contribution in [-0.2, 0) is 0 Å². The summed E-state index contributed by atoms with van der Waals surface area (Å²) in [6, 6.07) is 11.4. The van der Waals surface area contributed by atoms with Crippen molar-refractivity contribution < 1.29 is 9.53 Å². The summed E-state index contributed by atoms with van der Waals surface area (Å²) in [4.78, 5) is 19.6. The van der Waals surface area contributed by atoms with Crippen molar-refractivity contribution in [2.75, 3.05) is 32.1 Å². The van der Waals surface area contributed by atoms with Gasteiger partial charge in [-0.1, -0.05) is 0 Å². The molecule has 1 atom stereocenters. The topological polar surface area (TPSA) is 74.3 Å². The lowest BCUT2D eigenvalue weighted by Gasteiger charge is -2.17. The molecule has 1 aliphatic rings. The number of fused-ring (bicyclic) bond motifs is 1. The molecule has 26 heavy (non-hydrogen) atoms. The number of rotatable bonds is 4. The molecular weight excluding hydrogens is 330 g/mol. The van der Waals surface area contributed by atoms with Crippen LogP contribution in [0, 0.1) is 0 Å². The number of aromatic amines is 1. The summed E-state index contributed by atoms with van der Waals surface area (Å²) in [5.41, 5.74) is 1.73. The number of amides is 1. The number of aromatic nitrogens is 3. The highest BCUT2D eigenvalue weighted by Gasteiger charge is 2.28. The predicted octanol–water partition coefficient (Wildman–Crippen LogP) is 2.32. The first-order valence-electron chi connectivity index (χ1n) is 8.64. The van der Waals surface area contributed by atoms with E-state index in [2.05, 4.69) is 15.2 Å². The first-order valence-corrected chi connectivity index (χ1v) is 8.64. The van der Waals surface area contributed by atoms with Gasteiger partial charge in [0, 0.05) is 55.8 Å². The van der Waals surface area contributed by atoms with Gasteiger partial charge in [-0.25, -0.2) is 0 Å². The monoisotopic (exact) mass is 351 g/mol. The second kappa shape index (κ2) is 6.67. The van der Waals surface area contributed by atoms with Crippen LogP contribution >= 0.6 is 0 Å². The minimum atomic E-state index is -0.0607. The summed E-state index contributed by atoms with van der Waals surface area (Å²) in [5, 5.41) is 9.25. The van der Waals surface area contributed by atoms with Crippen LogP contribution in [0.3, 0.4) is 0 Å². The number of ether oxygens (including phenoxy) is 1. The standard InChI is InChI=1S/C19H21N5O2/c1-23(2)17-5-6-18(22-21-17)26-15-8-10-24(12-15)19(25)14-3-4-16-13(11-14)7-9-20-16/h3-7,9,11,15,20H,8,10,12H2,1-2H3. The van der Waals surface area contributed by atoms with Gasteiger partial charge in [-0.3, -0.25) is 4.79 Å². The number of nitrogens with one attached hydrogen (secondary N) is 1.